The average molecular weight is 324 g/mol. The van der Waals surface area contributed by atoms with E-state index in [1.54, 1.807) is 6.20 Å². The molecule has 0 amide bonds. The van der Waals surface area contributed by atoms with Crippen LogP contribution in [0.1, 0.15) is 18.5 Å². The number of piperidine rings is 1. The minimum Gasteiger partial charge on any atom is -0.389 e. The Bertz CT molecular complexity index is 462. The van der Waals surface area contributed by atoms with Crippen LogP contribution >= 0.6 is 0 Å². The lowest BCUT2D eigenvalue weighted by atomic mass is 9.94. The van der Waals surface area contributed by atoms with Gasteiger partial charge in [-0.1, -0.05) is 0 Å². The topological polar surface area (TPSA) is 84.9 Å². The summed E-state index contributed by atoms with van der Waals surface area (Å²) in [6.07, 6.45) is 2.62. The number of rotatable bonds is 5. The van der Waals surface area contributed by atoms with Crippen molar-refractivity contribution in [2.24, 2.45) is 5.92 Å². The Kier molecular flexibility index (Phi) is 5.66. The number of hydrogen-bond donors (Lipinski definition) is 3. The summed E-state index contributed by atoms with van der Waals surface area (Å²) in [6.45, 7) is 4.78. The van der Waals surface area contributed by atoms with Crippen molar-refractivity contribution >= 4 is 0 Å². The molecule has 2 saturated heterocycles. The summed E-state index contributed by atoms with van der Waals surface area (Å²) in [4.78, 5) is 4.61. The fourth-order valence-electron chi connectivity index (χ4n) is 3.63. The second kappa shape index (κ2) is 7.72. The normalized spacial score (nSPS) is 30.9. The zero-order valence-corrected chi connectivity index (χ0v) is 13.8. The average Bonchev–Trinajstić information content (AvgIpc) is 3.05. The molecule has 2 aliphatic heterocycles. The van der Waals surface area contributed by atoms with Crippen LogP contribution in [-0.2, 0) is 11.3 Å². The standard InChI is InChI=1S/C16H28N4O3/c1-19(14-10-23-11-15(21)16(14)22)8-12-3-6-20(7-4-12)9-13-2-5-17-18-13/h2,5,12,14-16,21-22H,3-4,6-11H2,1H3,(H,17,18)/t14-,15-,16+/m1/s1. The van der Waals surface area contributed by atoms with Gasteiger partial charge in [0.15, 0.2) is 0 Å². The Morgan fingerprint density at radius 3 is 2.83 bits per heavy atom. The lowest BCUT2D eigenvalue weighted by molar-refractivity contribution is -0.130. The molecule has 0 saturated carbocycles. The van der Waals surface area contributed by atoms with Gasteiger partial charge in [0.1, 0.15) is 6.10 Å². The van der Waals surface area contributed by atoms with Gasteiger partial charge in [-0.05, 0) is 45.0 Å². The summed E-state index contributed by atoms with van der Waals surface area (Å²) >= 11 is 0. The van der Waals surface area contributed by atoms with Crippen molar-refractivity contribution < 1.29 is 14.9 Å². The van der Waals surface area contributed by atoms with E-state index in [4.69, 9.17) is 4.74 Å². The van der Waals surface area contributed by atoms with Crippen LogP contribution in [0.25, 0.3) is 0 Å². The molecule has 2 aliphatic rings. The third kappa shape index (κ3) is 4.30. The van der Waals surface area contributed by atoms with E-state index in [2.05, 4.69) is 20.0 Å². The summed E-state index contributed by atoms with van der Waals surface area (Å²) < 4.78 is 5.38. The molecule has 3 N–H and O–H groups in total. The van der Waals surface area contributed by atoms with Gasteiger partial charge < -0.3 is 14.9 Å². The van der Waals surface area contributed by atoms with Gasteiger partial charge in [-0.25, -0.2) is 0 Å². The molecule has 7 heteroatoms. The molecule has 0 aliphatic carbocycles. The lowest BCUT2D eigenvalue weighted by Gasteiger charge is -2.40. The summed E-state index contributed by atoms with van der Waals surface area (Å²) in [7, 11) is 2.02. The fraction of sp³-hybridized carbons (Fsp3) is 0.812. The summed E-state index contributed by atoms with van der Waals surface area (Å²) in [5.41, 5.74) is 1.16. The number of aromatic nitrogens is 2. The molecule has 0 unspecified atom stereocenters. The maximum atomic E-state index is 10.1. The zero-order chi connectivity index (χ0) is 16.2. The van der Waals surface area contributed by atoms with Gasteiger partial charge in [-0.2, -0.15) is 5.10 Å². The van der Waals surface area contributed by atoms with E-state index in [1.807, 2.05) is 13.1 Å². The first-order chi connectivity index (χ1) is 11.1. The van der Waals surface area contributed by atoms with Crippen LogP contribution in [0, 0.1) is 5.92 Å². The van der Waals surface area contributed by atoms with Crippen LogP contribution in [0.15, 0.2) is 12.3 Å². The molecule has 3 rings (SSSR count). The molecule has 0 bridgehead atoms. The number of aromatic amines is 1. The molecule has 3 heterocycles. The van der Waals surface area contributed by atoms with Crippen LogP contribution < -0.4 is 0 Å². The highest BCUT2D eigenvalue weighted by atomic mass is 16.5. The first-order valence-electron chi connectivity index (χ1n) is 8.48. The molecule has 23 heavy (non-hydrogen) atoms. The van der Waals surface area contributed by atoms with E-state index in [0.717, 1.165) is 44.7 Å². The lowest BCUT2D eigenvalue weighted by Crippen LogP contribution is -2.56. The SMILES string of the molecule is CN(CC1CCN(Cc2ccn[nH]2)CC1)[C@@H]1COC[C@@H](O)[C@H]1O. The molecular formula is C16H28N4O3. The van der Waals surface area contributed by atoms with Crippen molar-refractivity contribution in [1.82, 2.24) is 20.0 Å². The monoisotopic (exact) mass is 324 g/mol. The third-order valence-electron chi connectivity index (χ3n) is 5.14. The Balaban J connectivity index is 1.43. The van der Waals surface area contributed by atoms with Crippen molar-refractivity contribution in [2.45, 2.75) is 37.6 Å². The minimum absolute atomic E-state index is 0.109. The number of nitrogens with one attached hydrogen (secondary N) is 1. The Morgan fingerprint density at radius 2 is 2.13 bits per heavy atom. The van der Waals surface area contributed by atoms with Gasteiger partial charge in [0.25, 0.3) is 0 Å². The molecular weight excluding hydrogens is 296 g/mol. The molecule has 7 nitrogen and oxygen atoms in total. The van der Waals surface area contributed by atoms with Gasteiger partial charge >= 0.3 is 0 Å². The van der Waals surface area contributed by atoms with Crippen molar-refractivity contribution in [2.75, 3.05) is 39.9 Å². The molecule has 1 aromatic rings. The van der Waals surface area contributed by atoms with Crippen molar-refractivity contribution in [1.29, 1.82) is 0 Å². The van der Waals surface area contributed by atoms with E-state index in [9.17, 15) is 10.2 Å². The largest absolute Gasteiger partial charge is 0.389 e. The van der Waals surface area contributed by atoms with Gasteiger partial charge in [-0.15, -0.1) is 0 Å². The van der Waals surface area contributed by atoms with Crippen LogP contribution in [-0.4, -0.2) is 88.4 Å². The maximum absolute atomic E-state index is 10.1. The Hall–Kier alpha value is -0.990. The van der Waals surface area contributed by atoms with Crippen molar-refractivity contribution in [3.63, 3.8) is 0 Å². The van der Waals surface area contributed by atoms with Gasteiger partial charge in [0.2, 0.25) is 0 Å². The number of ether oxygens (including phenoxy) is 1. The molecule has 0 aromatic carbocycles. The van der Waals surface area contributed by atoms with Crippen molar-refractivity contribution in [3.05, 3.63) is 18.0 Å². The predicted molar refractivity (Wildman–Crippen MR) is 85.8 cm³/mol. The molecule has 130 valence electrons. The highest BCUT2D eigenvalue weighted by molar-refractivity contribution is 4.97. The third-order valence-corrected chi connectivity index (χ3v) is 5.14. The number of aliphatic hydroxyl groups is 2. The summed E-state index contributed by atoms with van der Waals surface area (Å²) in [5.74, 6) is 0.629. The number of H-pyrrole nitrogens is 1. The number of nitrogens with zero attached hydrogens (tertiary/aromatic N) is 3. The highest BCUT2D eigenvalue weighted by Crippen LogP contribution is 2.22. The molecule has 1 aromatic heterocycles. The van der Waals surface area contributed by atoms with E-state index >= 15 is 0 Å². The molecule has 3 atom stereocenters. The van der Waals surface area contributed by atoms with Gasteiger partial charge in [0.05, 0.1) is 25.4 Å². The summed E-state index contributed by atoms with van der Waals surface area (Å²) in [5, 5.41) is 26.9. The van der Waals surface area contributed by atoms with E-state index in [-0.39, 0.29) is 12.6 Å². The number of hydrogen-bond acceptors (Lipinski definition) is 6. The second-order valence-corrected chi connectivity index (χ2v) is 6.90. The van der Waals surface area contributed by atoms with Crippen LogP contribution in [0.4, 0.5) is 0 Å². The van der Waals surface area contributed by atoms with Gasteiger partial charge in [0, 0.05) is 25.0 Å². The van der Waals surface area contributed by atoms with Crippen LogP contribution in [0.3, 0.4) is 0 Å². The summed E-state index contributed by atoms with van der Waals surface area (Å²) in [6, 6.07) is 1.91. The number of aliphatic hydroxyl groups excluding tert-OH is 2. The Morgan fingerprint density at radius 1 is 1.35 bits per heavy atom. The van der Waals surface area contributed by atoms with Crippen molar-refractivity contribution in [3.8, 4) is 0 Å². The Labute approximate surface area is 137 Å². The predicted octanol–water partition coefficient (Wildman–Crippen LogP) is -0.326. The molecule has 0 radical (unpaired) electrons. The van der Waals surface area contributed by atoms with Gasteiger partial charge in [-0.3, -0.25) is 14.9 Å². The van der Waals surface area contributed by atoms with E-state index < -0.39 is 12.2 Å². The number of likely N-dealkylation sites (tertiary alicyclic amines) is 1. The van der Waals surface area contributed by atoms with Crippen LogP contribution in [0.5, 0.6) is 0 Å². The quantitative estimate of drug-likeness (QED) is 0.688. The maximum Gasteiger partial charge on any atom is 0.105 e. The zero-order valence-electron chi connectivity index (χ0n) is 13.8. The van der Waals surface area contributed by atoms with E-state index in [0.29, 0.717) is 12.5 Å². The van der Waals surface area contributed by atoms with Crippen LogP contribution in [0.2, 0.25) is 0 Å². The second-order valence-electron chi connectivity index (χ2n) is 6.90. The minimum atomic E-state index is -0.771. The first-order valence-corrected chi connectivity index (χ1v) is 8.48. The molecule has 2 fully saturated rings. The first kappa shape index (κ1) is 16.9. The smallest absolute Gasteiger partial charge is 0.105 e. The highest BCUT2D eigenvalue weighted by Gasteiger charge is 2.34. The fourth-order valence-corrected chi connectivity index (χ4v) is 3.63. The number of likely N-dealkylation sites (N-methyl/N-ethyl adjacent to an activating group) is 1. The molecule has 0 spiro atoms. The van der Waals surface area contributed by atoms with E-state index in [1.165, 1.54) is 0 Å².